The monoisotopic (exact) mass is 279 g/mol. The van der Waals surface area contributed by atoms with E-state index >= 15 is 0 Å². The summed E-state index contributed by atoms with van der Waals surface area (Å²) in [6.45, 7) is 3.49. The first kappa shape index (κ1) is 15.1. The first-order chi connectivity index (χ1) is 9.42. The van der Waals surface area contributed by atoms with Crippen LogP contribution in [0.3, 0.4) is 0 Å². The summed E-state index contributed by atoms with van der Waals surface area (Å²) in [4.78, 5) is 1.63. The van der Waals surface area contributed by atoms with Gasteiger partial charge in [-0.05, 0) is 49.2 Å². The molecule has 0 radical (unpaired) electrons. The van der Waals surface area contributed by atoms with Gasteiger partial charge in [0.05, 0.1) is 0 Å². The Balaban J connectivity index is 1.55. The molecule has 1 atom stereocenters. The highest BCUT2D eigenvalue weighted by atomic mass is 32.1. The minimum absolute atomic E-state index is 0.648. The van der Waals surface area contributed by atoms with Gasteiger partial charge < -0.3 is 5.32 Å². The van der Waals surface area contributed by atoms with Crippen molar-refractivity contribution in [3.05, 3.63) is 21.9 Å². The lowest BCUT2D eigenvalue weighted by Crippen LogP contribution is -2.25. The van der Waals surface area contributed by atoms with Crippen molar-refractivity contribution in [2.24, 2.45) is 0 Å². The Morgan fingerprint density at radius 3 is 2.79 bits per heavy atom. The lowest BCUT2D eigenvalue weighted by atomic mass is 9.94. The minimum atomic E-state index is 0.648. The molecule has 1 unspecified atom stereocenters. The molecule has 1 aromatic rings. The van der Waals surface area contributed by atoms with Gasteiger partial charge in [0.1, 0.15) is 0 Å². The van der Waals surface area contributed by atoms with Crippen LogP contribution < -0.4 is 5.32 Å². The highest BCUT2D eigenvalue weighted by Crippen LogP contribution is 2.33. The zero-order chi connectivity index (χ0) is 13.3. The van der Waals surface area contributed by atoms with E-state index in [2.05, 4.69) is 23.7 Å². The van der Waals surface area contributed by atoms with Crippen LogP contribution in [0.2, 0.25) is 0 Å². The van der Waals surface area contributed by atoms with Crippen LogP contribution in [0.4, 0.5) is 0 Å². The Kier molecular flexibility index (Phi) is 6.94. The number of hydrogen-bond acceptors (Lipinski definition) is 2. The summed E-state index contributed by atoms with van der Waals surface area (Å²) in [6, 6.07) is 2.98. The molecule has 2 rings (SSSR count). The van der Waals surface area contributed by atoms with Gasteiger partial charge in [-0.25, -0.2) is 0 Å². The van der Waals surface area contributed by atoms with Crippen molar-refractivity contribution in [2.45, 2.75) is 77.2 Å². The Morgan fingerprint density at radius 1 is 1.16 bits per heavy atom. The van der Waals surface area contributed by atoms with Crippen LogP contribution in [-0.2, 0) is 6.42 Å². The molecule has 19 heavy (non-hydrogen) atoms. The lowest BCUT2D eigenvalue weighted by Gasteiger charge is -2.23. The van der Waals surface area contributed by atoms with Gasteiger partial charge in [0.15, 0.2) is 0 Å². The number of hydrogen-bond donors (Lipinski definition) is 1. The molecule has 0 bridgehead atoms. The zero-order valence-corrected chi connectivity index (χ0v) is 13.2. The summed E-state index contributed by atoms with van der Waals surface area (Å²) in [5.41, 5.74) is 1.60. The molecular formula is C17H29NS. The van der Waals surface area contributed by atoms with E-state index in [1.165, 1.54) is 70.8 Å². The SMILES string of the molecule is CCCCCCCCCNC1CCCc2sccc21. The molecule has 0 aliphatic heterocycles. The summed E-state index contributed by atoms with van der Waals surface area (Å²) in [5.74, 6) is 0. The Labute approximate surface area is 122 Å². The average Bonchev–Trinajstić information content (AvgIpc) is 2.91. The summed E-state index contributed by atoms with van der Waals surface area (Å²) in [5, 5.41) is 6.03. The summed E-state index contributed by atoms with van der Waals surface area (Å²) in [6.07, 6.45) is 13.8. The Hall–Kier alpha value is -0.340. The van der Waals surface area contributed by atoms with Gasteiger partial charge in [-0.15, -0.1) is 11.3 Å². The summed E-state index contributed by atoms with van der Waals surface area (Å²) >= 11 is 1.94. The largest absolute Gasteiger partial charge is 0.310 e. The summed E-state index contributed by atoms with van der Waals surface area (Å²) < 4.78 is 0. The number of thiophene rings is 1. The molecule has 0 aromatic carbocycles. The third kappa shape index (κ3) is 4.92. The van der Waals surface area contributed by atoms with Crippen molar-refractivity contribution in [3.63, 3.8) is 0 Å². The number of aryl methyl sites for hydroxylation is 1. The third-order valence-electron chi connectivity index (χ3n) is 4.22. The standard InChI is InChI=1S/C17H29NS/c1-2-3-4-5-6-7-8-13-18-16-10-9-11-17-15(16)12-14-19-17/h12,14,16,18H,2-11,13H2,1H3. The lowest BCUT2D eigenvalue weighted by molar-refractivity contribution is 0.451. The van der Waals surface area contributed by atoms with E-state index in [1.54, 1.807) is 10.4 Å². The van der Waals surface area contributed by atoms with Gasteiger partial charge in [-0.3, -0.25) is 0 Å². The maximum Gasteiger partial charge on any atom is 0.0331 e. The molecule has 0 amide bonds. The van der Waals surface area contributed by atoms with Crippen LogP contribution >= 0.6 is 11.3 Å². The fourth-order valence-electron chi connectivity index (χ4n) is 3.06. The topological polar surface area (TPSA) is 12.0 Å². The van der Waals surface area contributed by atoms with Gasteiger partial charge in [0, 0.05) is 10.9 Å². The van der Waals surface area contributed by atoms with Crippen LogP contribution in [0.25, 0.3) is 0 Å². The van der Waals surface area contributed by atoms with E-state index < -0.39 is 0 Å². The van der Waals surface area contributed by atoms with E-state index in [4.69, 9.17) is 0 Å². The van der Waals surface area contributed by atoms with Gasteiger partial charge in [0.2, 0.25) is 0 Å². The van der Waals surface area contributed by atoms with E-state index in [0.29, 0.717) is 6.04 Å². The molecule has 0 fully saturated rings. The quantitative estimate of drug-likeness (QED) is 0.591. The molecule has 1 aliphatic carbocycles. The van der Waals surface area contributed by atoms with E-state index in [9.17, 15) is 0 Å². The predicted octanol–water partition coefficient (Wildman–Crippen LogP) is 5.47. The fraction of sp³-hybridized carbons (Fsp3) is 0.765. The Bertz CT molecular complexity index is 345. The van der Waals surface area contributed by atoms with Crippen LogP contribution in [0.1, 0.15) is 81.2 Å². The van der Waals surface area contributed by atoms with Crippen molar-refractivity contribution in [2.75, 3.05) is 6.54 Å². The van der Waals surface area contributed by atoms with Gasteiger partial charge in [-0.2, -0.15) is 0 Å². The van der Waals surface area contributed by atoms with Crippen LogP contribution in [0.5, 0.6) is 0 Å². The van der Waals surface area contributed by atoms with Gasteiger partial charge >= 0.3 is 0 Å². The molecule has 2 heteroatoms. The normalized spacial score (nSPS) is 18.5. The first-order valence-electron chi connectivity index (χ1n) is 8.21. The van der Waals surface area contributed by atoms with Gasteiger partial charge in [0.25, 0.3) is 0 Å². The van der Waals surface area contributed by atoms with E-state index in [1.807, 2.05) is 11.3 Å². The average molecular weight is 279 g/mol. The maximum absolute atomic E-state index is 3.77. The molecule has 0 saturated carbocycles. The molecule has 1 nitrogen and oxygen atoms in total. The predicted molar refractivity (Wildman–Crippen MR) is 86.0 cm³/mol. The Morgan fingerprint density at radius 2 is 1.95 bits per heavy atom. The molecule has 0 saturated heterocycles. The molecule has 108 valence electrons. The summed E-state index contributed by atoms with van der Waals surface area (Å²) in [7, 11) is 0. The highest BCUT2D eigenvalue weighted by Gasteiger charge is 2.19. The van der Waals surface area contributed by atoms with Crippen molar-refractivity contribution < 1.29 is 0 Å². The van der Waals surface area contributed by atoms with Crippen molar-refractivity contribution in [1.29, 1.82) is 0 Å². The number of nitrogens with one attached hydrogen (secondary N) is 1. The fourth-order valence-corrected chi connectivity index (χ4v) is 4.04. The van der Waals surface area contributed by atoms with E-state index in [0.717, 1.165) is 0 Å². The van der Waals surface area contributed by atoms with Crippen molar-refractivity contribution >= 4 is 11.3 Å². The molecular weight excluding hydrogens is 250 g/mol. The number of unbranched alkanes of at least 4 members (excludes halogenated alkanes) is 6. The van der Waals surface area contributed by atoms with Crippen LogP contribution in [-0.4, -0.2) is 6.54 Å². The zero-order valence-electron chi connectivity index (χ0n) is 12.4. The second-order valence-corrected chi connectivity index (χ2v) is 6.82. The molecule has 1 aromatic heterocycles. The van der Waals surface area contributed by atoms with Crippen molar-refractivity contribution in [3.8, 4) is 0 Å². The van der Waals surface area contributed by atoms with Crippen LogP contribution in [0.15, 0.2) is 11.4 Å². The number of rotatable bonds is 9. The third-order valence-corrected chi connectivity index (χ3v) is 5.22. The molecule has 1 N–H and O–H groups in total. The van der Waals surface area contributed by atoms with E-state index in [-0.39, 0.29) is 0 Å². The first-order valence-corrected chi connectivity index (χ1v) is 9.09. The minimum Gasteiger partial charge on any atom is -0.310 e. The van der Waals surface area contributed by atoms with Crippen LogP contribution in [0, 0.1) is 0 Å². The second kappa shape index (κ2) is 8.76. The second-order valence-electron chi connectivity index (χ2n) is 5.82. The van der Waals surface area contributed by atoms with Gasteiger partial charge in [-0.1, -0.05) is 45.4 Å². The maximum atomic E-state index is 3.77. The molecule has 1 heterocycles. The highest BCUT2D eigenvalue weighted by molar-refractivity contribution is 7.10. The smallest absolute Gasteiger partial charge is 0.0331 e. The van der Waals surface area contributed by atoms with Crippen molar-refractivity contribution in [1.82, 2.24) is 5.32 Å². The molecule has 0 spiro atoms. The number of fused-ring (bicyclic) bond motifs is 1. The molecule has 1 aliphatic rings.